The van der Waals surface area contributed by atoms with Gasteiger partial charge in [0, 0.05) is 13.1 Å². The molecule has 0 bridgehead atoms. The Bertz CT molecular complexity index is 946. The van der Waals surface area contributed by atoms with Crippen LogP contribution in [-0.2, 0) is 23.9 Å². The van der Waals surface area contributed by atoms with Crippen molar-refractivity contribution in [2.45, 2.75) is 19.9 Å². The van der Waals surface area contributed by atoms with E-state index in [1.807, 2.05) is 0 Å². The van der Waals surface area contributed by atoms with Crippen molar-refractivity contribution in [3.05, 3.63) is 33.1 Å². The molecule has 172 valence electrons. The fraction of sp³-hybridized carbons (Fsp3) is 0.429. The highest BCUT2D eigenvalue weighted by atomic mass is 79.9. The second kappa shape index (κ2) is 11.0. The van der Waals surface area contributed by atoms with Gasteiger partial charge in [-0.1, -0.05) is 6.07 Å². The molecule has 0 aromatic heterocycles. The number of amides is 3. The largest absolute Gasteiger partial charge is 0.483 e. The summed E-state index contributed by atoms with van der Waals surface area (Å²) in [4.78, 5) is 51.9. The average Bonchev–Trinajstić information content (AvgIpc) is 3.05. The molecule has 9 nitrogen and oxygen atoms in total. The number of esters is 1. The molecule has 0 aliphatic carbocycles. The maximum atomic E-state index is 12.7. The number of carbonyl (C=O) groups excluding carboxylic acids is 4. The highest BCUT2D eigenvalue weighted by Gasteiger charge is 2.41. The van der Waals surface area contributed by atoms with E-state index in [4.69, 9.17) is 14.2 Å². The van der Waals surface area contributed by atoms with Crippen LogP contribution < -0.4 is 4.74 Å². The minimum absolute atomic E-state index is 0.0947. The van der Waals surface area contributed by atoms with Crippen LogP contribution in [0.25, 0.3) is 6.08 Å². The van der Waals surface area contributed by atoms with Crippen LogP contribution in [0.1, 0.15) is 19.4 Å². The lowest BCUT2D eigenvalue weighted by Gasteiger charge is -2.26. The predicted molar refractivity (Wildman–Crippen MR) is 121 cm³/mol. The number of benzene rings is 1. The van der Waals surface area contributed by atoms with Crippen molar-refractivity contribution >= 4 is 56.8 Å². The molecule has 0 unspecified atom stereocenters. The lowest BCUT2D eigenvalue weighted by molar-refractivity contribution is -0.150. The van der Waals surface area contributed by atoms with E-state index in [0.29, 0.717) is 42.1 Å². The topological polar surface area (TPSA) is 102 Å². The van der Waals surface area contributed by atoms with Gasteiger partial charge in [-0.05, 0) is 65.3 Å². The standard InChI is InChI=1S/C21H23BrN2O7S/c1-3-30-20(27)13(2)24-19(26)17(32-21(24)28)11-14-4-5-16(15(22)10-14)31-12-18(25)23-6-8-29-9-7-23/h4-5,10-11,13H,3,6-9,12H2,1-2H3/b17-11+/t13-/m0/s1. The Balaban J connectivity index is 1.65. The maximum absolute atomic E-state index is 12.7. The number of hydrogen-bond donors (Lipinski definition) is 0. The van der Waals surface area contributed by atoms with Crippen LogP contribution in [0.15, 0.2) is 27.6 Å². The minimum atomic E-state index is -1.00. The Morgan fingerprint density at radius 1 is 1.28 bits per heavy atom. The third-order valence-electron chi connectivity index (χ3n) is 4.81. The van der Waals surface area contributed by atoms with E-state index in [9.17, 15) is 19.2 Å². The number of thioether (sulfide) groups is 1. The summed E-state index contributed by atoms with van der Waals surface area (Å²) in [6.07, 6.45) is 1.57. The zero-order valence-corrected chi connectivity index (χ0v) is 20.1. The number of rotatable bonds is 7. The van der Waals surface area contributed by atoms with Gasteiger partial charge in [-0.3, -0.25) is 19.3 Å². The SMILES string of the molecule is CCOC(=O)[C@H](C)N1C(=O)S/C(=C/c2ccc(OCC(=O)N3CCOCC3)c(Br)c2)C1=O. The molecular weight excluding hydrogens is 504 g/mol. The average molecular weight is 527 g/mol. The van der Waals surface area contributed by atoms with E-state index in [1.54, 1.807) is 36.1 Å². The minimum Gasteiger partial charge on any atom is -0.483 e. The molecule has 0 radical (unpaired) electrons. The number of ether oxygens (including phenoxy) is 3. The Morgan fingerprint density at radius 3 is 2.66 bits per heavy atom. The third-order valence-corrected chi connectivity index (χ3v) is 6.31. The van der Waals surface area contributed by atoms with Crippen LogP contribution >= 0.6 is 27.7 Å². The molecule has 3 amide bonds. The summed E-state index contributed by atoms with van der Waals surface area (Å²) >= 11 is 4.18. The van der Waals surface area contributed by atoms with Gasteiger partial charge in [-0.2, -0.15) is 0 Å². The summed E-state index contributed by atoms with van der Waals surface area (Å²) in [7, 11) is 0. The van der Waals surface area contributed by atoms with E-state index in [2.05, 4.69) is 15.9 Å². The second-order valence-corrected chi connectivity index (χ2v) is 8.80. The Hall–Kier alpha value is -2.37. The van der Waals surface area contributed by atoms with Crippen molar-refractivity contribution in [1.82, 2.24) is 9.80 Å². The molecule has 1 atom stereocenters. The molecule has 2 fully saturated rings. The molecule has 0 spiro atoms. The van der Waals surface area contributed by atoms with Crippen molar-refractivity contribution in [3.63, 3.8) is 0 Å². The number of imide groups is 1. The molecule has 11 heteroatoms. The summed E-state index contributed by atoms with van der Waals surface area (Å²) in [5, 5.41) is -0.526. The van der Waals surface area contributed by atoms with E-state index in [1.165, 1.54) is 6.92 Å². The van der Waals surface area contributed by atoms with Crippen LogP contribution in [0.2, 0.25) is 0 Å². The van der Waals surface area contributed by atoms with Gasteiger partial charge in [0.1, 0.15) is 11.8 Å². The van der Waals surface area contributed by atoms with Gasteiger partial charge in [0.05, 0.1) is 29.2 Å². The normalized spacial score (nSPS) is 18.8. The van der Waals surface area contributed by atoms with Gasteiger partial charge >= 0.3 is 5.97 Å². The summed E-state index contributed by atoms with van der Waals surface area (Å²) in [5.74, 6) is -0.818. The number of halogens is 1. The Morgan fingerprint density at radius 2 is 2.00 bits per heavy atom. The zero-order chi connectivity index (χ0) is 23.3. The number of carbonyl (C=O) groups is 4. The summed E-state index contributed by atoms with van der Waals surface area (Å²) in [6.45, 7) is 5.32. The molecule has 2 aliphatic heterocycles. The Labute approximate surface area is 198 Å². The zero-order valence-electron chi connectivity index (χ0n) is 17.7. The van der Waals surface area contributed by atoms with E-state index in [-0.39, 0.29) is 24.0 Å². The van der Waals surface area contributed by atoms with Crippen LogP contribution in [-0.4, -0.2) is 78.4 Å². The molecular formula is C21H23BrN2O7S. The molecule has 2 saturated heterocycles. The maximum Gasteiger partial charge on any atom is 0.329 e. The van der Waals surface area contributed by atoms with Crippen molar-refractivity contribution in [2.24, 2.45) is 0 Å². The van der Waals surface area contributed by atoms with Gasteiger partial charge in [0.25, 0.3) is 17.1 Å². The molecule has 0 N–H and O–H groups in total. The molecule has 1 aromatic carbocycles. The quantitative estimate of drug-likeness (QED) is 0.394. The van der Waals surface area contributed by atoms with Crippen LogP contribution in [0.5, 0.6) is 5.75 Å². The van der Waals surface area contributed by atoms with E-state index < -0.39 is 23.2 Å². The molecule has 1 aromatic rings. The van der Waals surface area contributed by atoms with Gasteiger partial charge in [0.15, 0.2) is 6.61 Å². The van der Waals surface area contributed by atoms with Crippen LogP contribution in [0.3, 0.4) is 0 Å². The van der Waals surface area contributed by atoms with Crippen LogP contribution in [0.4, 0.5) is 4.79 Å². The molecule has 32 heavy (non-hydrogen) atoms. The fourth-order valence-electron chi connectivity index (χ4n) is 3.10. The number of nitrogens with zero attached hydrogens (tertiary/aromatic N) is 2. The third kappa shape index (κ3) is 5.70. The van der Waals surface area contributed by atoms with Crippen molar-refractivity contribution in [3.8, 4) is 5.75 Å². The fourth-order valence-corrected chi connectivity index (χ4v) is 4.52. The Kier molecular flexibility index (Phi) is 8.32. The van der Waals surface area contributed by atoms with Gasteiger partial charge in [-0.25, -0.2) is 4.79 Å². The summed E-state index contributed by atoms with van der Waals surface area (Å²) < 4.78 is 16.4. The molecule has 2 heterocycles. The first-order valence-corrected chi connectivity index (χ1v) is 11.6. The van der Waals surface area contributed by atoms with E-state index >= 15 is 0 Å². The number of morpholine rings is 1. The summed E-state index contributed by atoms with van der Waals surface area (Å²) in [6, 6.07) is 4.10. The van der Waals surface area contributed by atoms with Crippen LogP contribution in [0, 0.1) is 0 Å². The van der Waals surface area contributed by atoms with E-state index in [0.717, 1.165) is 16.7 Å². The molecule has 3 rings (SSSR count). The smallest absolute Gasteiger partial charge is 0.329 e. The number of hydrogen-bond acceptors (Lipinski definition) is 8. The van der Waals surface area contributed by atoms with Crippen molar-refractivity contribution in [2.75, 3.05) is 39.5 Å². The van der Waals surface area contributed by atoms with Crippen molar-refractivity contribution < 1.29 is 33.4 Å². The molecule has 0 saturated carbocycles. The molecule has 2 aliphatic rings. The predicted octanol–water partition coefficient (Wildman–Crippen LogP) is 2.67. The lowest BCUT2D eigenvalue weighted by atomic mass is 10.2. The highest BCUT2D eigenvalue weighted by Crippen LogP contribution is 2.35. The first kappa shape index (κ1) is 24.3. The lowest BCUT2D eigenvalue weighted by Crippen LogP contribution is -2.43. The van der Waals surface area contributed by atoms with Gasteiger partial charge in [-0.15, -0.1) is 0 Å². The second-order valence-electron chi connectivity index (χ2n) is 6.95. The van der Waals surface area contributed by atoms with Crippen molar-refractivity contribution in [1.29, 1.82) is 0 Å². The first-order chi connectivity index (χ1) is 15.3. The monoisotopic (exact) mass is 526 g/mol. The van der Waals surface area contributed by atoms with Gasteiger partial charge in [0.2, 0.25) is 0 Å². The summed E-state index contributed by atoms with van der Waals surface area (Å²) in [5.41, 5.74) is 0.651. The first-order valence-electron chi connectivity index (χ1n) is 10.0. The van der Waals surface area contributed by atoms with Gasteiger partial charge < -0.3 is 19.1 Å². The highest BCUT2D eigenvalue weighted by molar-refractivity contribution is 9.10.